The maximum absolute atomic E-state index is 12.6. The van der Waals surface area contributed by atoms with Crippen LogP contribution in [-0.4, -0.2) is 17.3 Å². The SMILES string of the molecule is COc1cc(C(F)(F)F)ccc1-c1cn[nH]c1N. The predicted octanol–water partition coefficient (Wildman–Crippen LogP) is 2.69. The molecule has 0 bridgehead atoms. The summed E-state index contributed by atoms with van der Waals surface area (Å²) >= 11 is 0. The minimum Gasteiger partial charge on any atom is -0.496 e. The van der Waals surface area contributed by atoms with Crippen molar-refractivity contribution >= 4 is 5.82 Å². The molecule has 1 aromatic heterocycles. The Morgan fingerprint density at radius 3 is 2.50 bits per heavy atom. The van der Waals surface area contributed by atoms with E-state index in [1.165, 1.54) is 19.4 Å². The van der Waals surface area contributed by atoms with Crippen molar-refractivity contribution in [1.82, 2.24) is 10.2 Å². The van der Waals surface area contributed by atoms with Gasteiger partial charge < -0.3 is 10.5 Å². The number of anilines is 1. The summed E-state index contributed by atoms with van der Waals surface area (Å²) in [5.74, 6) is 0.367. The topological polar surface area (TPSA) is 63.9 Å². The second kappa shape index (κ2) is 4.25. The minimum absolute atomic E-state index is 0.0953. The van der Waals surface area contributed by atoms with E-state index in [1.54, 1.807) is 0 Å². The van der Waals surface area contributed by atoms with Crippen LogP contribution in [0, 0.1) is 0 Å². The molecule has 4 nitrogen and oxygen atoms in total. The summed E-state index contributed by atoms with van der Waals surface area (Å²) in [7, 11) is 1.30. The van der Waals surface area contributed by atoms with Crippen LogP contribution in [0.5, 0.6) is 5.75 Å². The van der Waals surface area contributed by atoms with E-state index in [1.807, 2.05) is 0 Å². The fraction of sp³-hybridized carbons (Fsp3) is 0.182. The number of aromatic nitrogens is 2. The van der Waals surface area contributed by atoms with E-state index in [2.05, 4.69) is 10.2 Å². The Bertz CT molecular complexity index is 563. The molecule has 0 saturated carbocycles. The third-order valence-electron chi connectivity index (χ3n) is 2.49. The first-order valence-electron chi connectivity index (χ1n) is 4.98. The van der Waals surface area contributed by atoms with E-state index in [9.17, 15) is 13.2 Å². The molecule has 1 heterocycles. The van der Waals surface area contributed by atoms with E-state index in [4.69, 9.17) is 10.5 Å². The van der Waals surface area contributed by atoms with Crippen molar-refractivity contribution in [3.05, 3.63) is 30.0 Å². The number of H-pyrrole nitrogens is 1. The number of hydrogen-bond donors (Lipinski definition) is 2. The molecule has 0 aliphatic rings. The average Bonchev–Trinajstić information content (AvgIpc) is 2.73. The molecule has 0 radical (unpaired) electrons. The summed E-state index contributed by atoms with van der Waals surface area (Å²) in [5, 5.41) is 6.23. The van der Waals surface area contributed by atoms with Crippen LogP contribution in [-0.2, 0) is 6.18 Å². The summed E-state index contributed by atoms with van der Waals surface area (Å²) in [6.45, 7) is 0. The Morgan fingerprint density at radius 2 is 2.00 bits per heavy atom. The number of aromatic amines is 1. The second-order valence-electron chi connectivity index (χ2n) is 3.61. The molecule has 0 atom stereocenters. The lowest BCUT2D eigenvalue weighted by Crippen LogP contribution is -2.05. The molecule has 0 unspecified atom stereocenters. The van der Waals surface area contributed by atoms with Gasteiger partial charge in [0, 0.05) is 11.1 Å². The first kappa shape index (κ1) is 12.3. The van der Waals surface area contributed by atoms with Crippen LogP contribution in [0.2, 0.25) is 0 Å². The summed E-state index contributed by atoms with van der Waals surface area (Å²) in [6.07, 6.45) is -2.98. The third-order valence-corrected chi connectivity index (χ3v) is 2.49. The lowest BCUT2D eigenvalue weighted by atomic mass is 10.0. The van der Waals surface area contributed by atoms with E-state index >= 15 is 0 Å². The van der Waals surface area contributed by atoms with Crippen LogP contribution < -0.4 is 10.5 Å². The van der Waals surface area contributed by atoms with E-state index in [0.29, 0.717) is 11.1 Å². The zero-order chi connectivity index (χ0) is 13.3. The van der Waals surface area contributed by atoms with Crippen molar-refractivity contribution in [1.29, 1.82) is 0 Å². The van der Waals surface area contributed by atoms with Gasteiger partial charge in [-0.05, 0) is 18.2 Å². The van der Waals surface area contributed by atoms with E-state index in [-0.39, 0.29) is 11.6 Å². The fourth-order valence-electron chi connectivity index (χ4n) is 1.60. The average molecular weight is 257 g/mol. The highest BCUT2D eigenvalue weighted by molar-refractivity contribution is 5.78. The van der Waals surface area contributed by atoms with Crippen LogP contribution >= 0.6 is 0 Å². The Labute approximate surface area is 101 Å². The quantitative estimate of drug-likeness (QED) is 0.869. The number of hydrogen-bond acceptors (Lipinski definition) is 3. The van der Waals surface area contributed by atoms with Gasteiger partial charge in [0.1, 0.15) is 11.6 Å². The Hall–Kier alpha value is -2.18. The van der Waals surface area contributed by atoms with Crippen LogP contribution in [0.4, 0.5) is 19.0 Å². The molecule has 2 rings (SSSR count). The van der Waals surface area contributed by atoms with Gasteiger partial charge in [-0.25, -0.2) is 0 Å². The molecule has 2 aromatic rings. The van der Waals surface area contributed by atoms with Crippen LogP contribution in [0.25, 0.3) is 11.1 Å². The number of rotatable bonds is 2. The van der Waals surface area contributed by atoms with Gasteiger partial charge in [-0.1, -0.05) is 0 Å². The fourth-order valence-corrected chi connectivity index (χ4v) is 1.60. The first-order valence-corrected chi connectivity index (χ1v) is 4.98. The second-order valence-corrected chi connectivity index (χ2v) is 3.61. The Balaban J connectivity index is 2.54. The third kappa shape index (κ3) is 2.11. The highest BCUT2D eigenvalue weighted by Crippen LogP contribution is 2.38. The molecular weight excluding hydrogens is 247 g/mol. The van der Waals surface area contributed by atoms with Gasteiger partial charge in [0.15, 0.2) is 0 Å². The maximum Gasteiger partial charge on any atom is 0.416 e. The molecule has 3 N–H and O–H groups in total. The molecule has 0 amide bonds. The highest BCUT2D eigenvalue weighted by Gasteiger charge is 2.31. The zero-order valence-corrected chi connectivity index (χ0v) is 9.38. The van der Waals surface area contributed by atoms with Gasteiger partial charge in [0.05, 0.1) is 18.9 Å². The first-order chi connectivity index (χ1) is 8.43. The van der Waals surface area contributed by atoms with Gasteiger partial charge in [-0.3, -0.25) is 5.10 Å². The Kier molecular flexibility index (Phi) is 2.90. The standard InChI is InChI=1S/C11H10F3N3O/c1-18-9-4-6(11(12,13)14)2-3-7(9)8-5-16-17-10(8)15/h2-5H,1H3,(H3,15,16,17). The molecule has 18 heavy (non-hydrogen) atoms. The molecule has 96 valence electrons. The number of nitrogens with one attached hydrogen (secondary N) is 1. The highest BCUT2D eigenvalue weighted by atomic mass is 19.4. The number of nitrogen functional groups attached to an aromatic ring is 1. The summed E-state index contributed by atoms with van der Waals surface area (Å²) in [4.78, 5) is 0. The van der Waals surface area contributed by atoms with E-state index in [0.717, 1.165) is 12.1 Å². The van der Waals surface area contributed by atoms with Crippen LogP contribution in [0.1, 0.15) is 5.56 Å². The Morgan fingerprint density at radius 1 is 1.28 bits per heavy atom. The normalized spacial score (nSPS) is 11.6. The molecule has 0 spiro atoms. The minimum atomic E-state index is -4.41. The van der Waals surface area contributed by atoms with Gasteiger partial charge >= 0.3 is 6.18 Å². The predicted molar refractivity (Wildman–Crippen MR) is 60.0 cm³/mol. The van der Waals surface area contributed by atoms with Gasteiger partial charge in [0.2, 0.25) is 0 Å². The summed E-state index contributed by atoms with van der Waals surface area (Å²) in [5.41, 5.74) is 5.81. The van der Waals surface area contributed by atoms with Crippen LogP contribution in [0.3, 0.4) is 0 Å². The lowest BCUT2D eigenvalue weighted by molar-refractivity contribution is -0.137. The van der Waals surface area contributed by atoms with Gasteiger partial charge in [-0.2, -0.15) is 18.3 Å². The van der Waals surface area contributed by atoms with Crippen molar-refractivity contribution in [2.45, 2.75) is 6.18 Å². The number of ether oxygens (including phenoxy) is 1. The number of halogens is 3. The largest absolute Gasteiger partial charge is 0.496 e. The molecule has 7 heteroatoms. The monoisotopic (exact) mass is 257 g/mol. The van der Waals surface area contributed by atoms with Crippen molar-refractivity contribution in [3.63, 3.8) is 0 Å². The van der Waals surface area contributed by atoms with Gasteiger partial charge in [0.25, 0.3) is 0 Å². The number of nitrogens with zero attached hydrogens (tertiary/aromatic N) is 1. The zero-order valence-electron chi connectivity index (χ0n) is 9.38. The molecule has 0 saturated heterocycles. The molecule has 0 fully saturated rings. The maximum atomic E-state index is 12.6. The number of benzene rings is 1. The van der Waals surface area contributed by atoms with Crippen molar-refractivity contribution in [3.8, 4) is 16.9 Å². The van der Waals surface area contributed by atoms with Crippen LogP contribution in [0.15, 0.2) is 24.4 Å². The molecular formula is C11H10F3N3O. The van der Waals surface area contributed by atoms with E-state index < -0.39 is 11.7 Å². The lowest BCUT2D eigenvalue weighted by Gasteiger charge is -2.12. The summed E-state index contributed by atoms with van der Waals surface area (Å²) < 4.78 is 42.6. The number of nitrogens with two attached hydrogens (primary N) is 1. The van der Waals surface area contributed by atoms with Gasteiger partial charge in [-0.15, -0.1) is 0 Å². The smallest absolute Gasteiger partial charge is 0.416 e. The molecule has 0 aliphatic heterocycles. The molecule has 1 aromatic carbocycles. The van der Waals surface area contributed by atoms with Crippen molar-refractivity contribution in [2.75, 3.05) is 12.8 Å². The summed E-state index contributed by atoms with van der Waals surface area (Å²) in [6, 6.07) is 3.22. The number of alkyl halides is 3. The van der Waals surface area contributed by atoms with Crippen molar-refractivity contribution in [2.24, 2.45) is 0 Å². The van der Waals surface area contributed by atoms with Crippen molar-refractivity contribution < 1.29 is 17.9 Å². The molecule has 0 aliphatic carbocycles. The number of methoxy groups -OCH3 is 1.